The van der Waals surface area contributed by atoms with Crippen molar-refractivity contribution in [1.29, 1.82) is 0 Å². The van der Waals surface area contributed by atoms with Crippen molar-refractivity contribution in [2.45, 2.75) is 44.3 Å². The second kappa shape index (κ2) is 4.72. The molecule has 0 saturated heterocycles. The smallest absolute Gasteiger partial charge is 0.407 e. The van der Waals surface area contributed by atoms with E-state index in [0.29, 0.717) is 17.7 Å². The van der Waals surface area contributed by atoms with Crippen LogP contribution in [0.1, 0.15) is 32.1 Å². The Morgan fingerprint density at radius 1 is 1.27 bits per heavy atom. The van der Waals surface area contributed by atoms with E-state index in [0.717, 1.165) is 19.3 Å². The summed E-state index contributed by atoms with van der Waals surface area (Å²) in [6.45, 7) is -1.35. The molecule has 1 N–H and O–H groups in total. The second-order valence-electron chi connectivity index (χ2n) is 3.82. The Hall–Kier alpha value is -0.940. The Kier molecular flexibility index (Phi) is 3.82. The largest absolute Gasteiger partial charge is 0.465 e. The van der Waals surface area contributed by atoms with Gasteiger partial charge in [0.05, 0.1) is 0 Å². The SMILES string of the molecule is O=C(O)N(CC(F)(F)F)C1CCCCC1. The minimum absolute atomic E-state index is 0.460. The average Bonchev–Trinajstić information content (AvgIpc) is 2.14. The third kappa shape index (κ3) is 3.97. The van der Waals surface area contributed by atoms with Gasteiger partial charge in [0.25, 0.3) is 0 Å². The van der Waals surface area contributed by atoms with Gasteiger partial charge in [0, 0.05) is 6.04 Å². The van der Waals surface area contributed by atoms with Gasteiger partial charge in [0.1, 0.15) is 6.54 Å². The van der Waals surface area contributed by atoms with E-state index < -0.39 is 24.9 Å². The lowest BCUT2D eigenvalue weighted by Crippen LogP contribution is -2.45. The van der Waals surface area contributed by atoms with Crippen LogP contribution in [0.4, 0.5) is 18.0 Å². The lowest BCUT2D eigenvalue weighted by atomic mass is 9.94. The topological polar surface area (TPSA) is 40.5 Å². The highest BCUT2D eigenvalue weighted by molar-refractivity contribution is 5.65. The van der Waals surface area contributed by atoms with E-state index in [1.54, 1.807) is 0 Å². The molecule has 1 fully saturated rings. The van der Waals surface area contributed by atoms with Crippen molar-refractivity contribution in [3.63, 3.8) is 0 Å². The predicted octanol–water partition coefficient (Wildman–Crippen LogP) is 2.86. The fraction of sp³-hybridized carbons (Fsp3) is 0.889. The standard InChI is InChI=1S/C9H14F3NO2/c10-9(11,12)6-13(8(14)15)7-4-2-1-3-5-7/h7H,1-6H2,(H,14,15). The second-order valence-corrected chi connectivity index (χ2v) is 3.82. The summed E-state index contributed by atoms with van der Waals surface area (Å²) < 4.78 is 36.3. The minimum atomic E-state index is -4.45. The van der Waals surface area contributed by atoms with Crippen molar-refractivity contribution >= 4 is 6.09 Å². The highest BCUT2D eigenvalue weighted by Gasteiger charge is 2.36. The first-order valence-electron chi connectivity index (χ1n) is 4.96. The van der Waals surface area contributed by atoms with Gasteiger partial charge in [0.2, 0.25) is 0 Å². The summed E-state index contributed by atoms with van der Waals surface area (Å²) in [5.41, 5.74) is 0. The number of nitrogens with zero attached hydrogens (tertiary/aromatic N) is 1. The lowest BCUT2D eigenvalue weighted by molar-refractivity contribution is -0.147. The molecule has 0 aromatic heterocycles. The first-order valence-corrected chi connectivity index (χ1v) is 4.96. The van der Waals surface area contributed by atoms with Crippen molar-refractivity contribution in [2.24, 2.45) is 0 Å². The molecule has 0 aromatic carbocycles. The Bertz CT molecular complexity index is 224. The van der Waals surface area contributed by atoms with Crippen LogP contribution in [-0.4, -0.2) is 34.9 Å². The van der Waals surface area contributed by atoms with Gasteiger partial charge in [-0.1, -0.05) is 19.3 Å². The van der Waals surface area contributed by atoms with Crippen LogP contribution in [0.15, 0.2) is 0 Å². The summed E-state index contributed by atoms with van der Waals surface area (Å²) >= 11 is 0. The molecular weight excluding hydrogens is 211 g/mol. The Balaban J connectivity index is 2.60. The zero-order valence-corrected chi connectivity index (χ0v) is 8.26. The molecule has 1 saturated carbocycles. The molecule has 0 heterocycles. The molecule has 1 aliphatic carbocycles. The molecule has 1 aliphatic rings. The lowest BCUT2D eigenvalue weighted by Gasteiger charge is -2.32. The molecule has 0 radical (unpaired) electrons. The summed E-state index contributed by atoms with van der Waals surface area (Å²) in [5.74, 6) is 0. The normalized spacial score (nSPS) is 18.9. The summed E-state index contributed by atoms with van der Waals surface area (Å²) in [4.78, 5) is 11.2. The number of hydrogen-bond donors (Lipinski definition) is 1. The van der Waals surface area contributed by atoms with Crippen molar-refractivity contribution < 1.29 is 23.1 Å². The van der Waals surface area contributed by atoms with Crippen LogP contribution in [0.3, 0.4) is 0 Å². The maximum atomic E-state index is 12.1. The zero-order valence-electron chi connectivity index (χ0n) is 8.26. The van der Waals surface area contributed by atoms with Crippen molar-refractivity contribution in [3.05, 3.63) is 0 Å². The van der Waals surface area contributed by atoms with Gasteiger partial charge in [-0.3, -0.25) is 4.90 Å². The van der Waals surface area contributed by atoms with E-state index >= 15 is 0 Å². The van der Waals surface area contributed by atoms with E-state index in [-0.39, 0.29) is 0 Å². The molecule has 0 bridgehead atoms. The molecule has 1 amide bonds. The molecule has 0 atom stereocenters. The Labute approximate surface area is 85.9 Å². The molecule has 0 aromatic rings. The van der Waals surface area contributed by atoms with Crippen LogP contribution in [0.5, 0.6) is 0 Å². The molecule has 0 spiro atoms. The van der Waals surface area contributed by atoms with Crippen molar-refractivity contribution in [2.75, 3.05) is 6.54 Å². The first kappa shape index (κ1) is 12.1. The predicted molar refractivity (Wildman–Crippen MR) is 47.7 cm³/mol. The molecular formula is C9H14F3NO2. The number of alkyl halides is 3. The van der Waals surface area contributed by atoms with Gasteiger partial charge < -0.3 is 5.11 Å². The van der Waals surface area contributed by atoms with Crippen LogP contribution in [0.2, 0.25) is 0 Å². The van der Waals surface area contributed by atoms with Gasteiger partial charge >= 0.3 is 12.3 Å². The number of amides is 1. The fourth-order valence-electron chi connectivity index (χ4n) is 1.94. The quantitative estimate of drug-likeness (QED) is 0.785. The van der Waals surface area contributed by atoms with E-state index in [2.05, 4.69) is 0 Å². The van der Waals surface area contributed by atoms with Crippen LogP contribution in [-0.2, 0) is 0 Å². The molecule has 0 unspecified atom stereocenters. The zero-order chi connectivity index (χ0) is 11.5. The number of carboxylic acid groups (broad SMARTS) is 1. The third-order valence-corrected chi connectivity index (χ3v) is 2.61. The van der Waals surface area contributed by atoms with E-state index in [1.165, 1.54) is 0 Å². The molecule has 1 rings (SSSR count). The molecule has 15 heavy (non-hydrogen) atoms. The van der Waals surface area contributed by atoms with Crippen LogP contribution >= 0.6 is 0 Å². The summed E-state index contributed by atoms with van der Waals surface area (Å²) in [6.07, 6.45) is -2.23. The molecule has 3 nitrogen and oxygen atoms in total. The number of hydrogen-bond acceptors (Lipinski definition) is 1. The highest BCUT2D eigenvalue weighted by atomic mass is 19.4. The summed E-state index contributed by atoms with van der Waals surface area (Å²) in [6, 6.07) is -0.460. The fourth-order valence-corrected chi connectivity index (χ4v) is 1.94. The van der Waals surface area contributed by atoms with Crippen molar-refractivity contribution in [1.82, 2.24) is 4.90 Å². The number of carbonyl (C=O) groups is 1. The Morgan fingerprint density at radius 2 is 1.80 bits per heavy atom. The van der Waals surface area contributed by atoms with Gasteiger partial charge in [-0.2, -0.15) is 13.2 Å². The highest BCUT2D eigenvalue weighted by Crippen LogP contribution is 2.26. The number of halogens is 3. The molecule has 6 heteroatoms. The third-order valence-electron chi connectivity index (χ3n) is 2.61. The van der Waals surface area contributed by atoms with Gasteiger partial charge in [0.15, 0.2) is 0 Å². The monoisotopic (exact) mass is 225 g/mol. The van der Waals surface area contributed by atoms with E-state index in [4.69, 9.17) is 5.11 Å². The molecule has 0 aliphatic heterocycles. The summed E-state index contributed by atoms with van der Waals surface area (Å²) in [5, 5.41) is 8.71. The van der Waals surface area contributed by atoms with Crippen molar-refractivity contribution in [3.8, 4) is 0 Å². The maximum absolute atomic E-state index is 12.1. The Morgan fingerprint density at radius 3 is 2.20 bits per heavy atom. The summed E-state index contributed by atoms with van der Waals surface area (Å²) in [7, 11) is 0. The van der Waals surface area contributed by atoms with Gasteiger partial charge in [-0.25, -0.2) is 4.79 Å². The van der Waals surface area contributed by atoms with Gasteiger partial charge in [-0.05, 0) is 12.8 Å². The van der Waals surface area contributed by atoms with E-state index in [1.807, 2.05) is 0 Å². The first-order chi connectivity index (χ1) is 6.90. The average molecular weight is 225 g/mol. The molecule has 88 valence electrons. The van der Waals surface area contributed by atoms with Crippen LogP contribution in [0.25, 0.3) is 0 Å². The van der Waals surface area contributed by atoms with E-state index in [9.17, 15) is 18.0 Å². The van der Waals surface area contributed by atoms with Crippen LogP contribution < -0.4 is 0 Å². The van der Waals surface area contributed by atoms with Gasteiger partial charge in [-0.15, -0.1) is 0 Å². The number of rotatable bonds is 2. The maximum Gasteiger partial charge on any atom is 0.407 e. The van der Waals surface area contributed by atoms with Crippen LogP contribution in [0, 0.1) is 0 Å². The minimum Gasteiger partial charge on any atom is -0.465 e.